The summed E-state index contributed by atoms with van der Waals surface area (Å²) in [7, 11) is 0. The van der Waals surface area contributed by atoms with Crippen molar-refractivity contribution in [1.29, 1.82) is 0 Å². The number of aromatic amines is 1. The van der Waals surface area contributed by atoms with Crippen molar-refractivity contribution in [3.05, 3.63) is 41.2 Å². The van der Waals surface area contributed by atoms with Gasteiger partial charge < -0.3 is 4.98 Å². The second kappa shape index (κ2) is 4.66. The third-order valence-corrected chi connectivity index (χ3v) is 2.24. The molecule has 0 saturated carbocycles. The number of H-pyrrole nitrogens is 1. The van der Waals surface area contributed by atoms with Gasteiger partial charge in [0.2, 0.25) is 0 Å². The van der Waals surface area contributed by atoms with Gasteiger partial charge in [-0.2, -0.15) is 0 Å². The highest BCUT2D eigenvalue weighted by Crippen LogP contribution is 2.21. The fourth-order valence-corrected chi connectivity index (χ4v) is 1.53. The summed E-state index contributed by atoms with van der Waals surface area (Å²) >= 11 is 0. The zero-order valence-corrected chi connectivity index (χ0v) is 9.09. The Hall–Kier alpha value is -1.50. The third kappa shape index (κ3) is 1.87. The van der Waals surface area contributed by atoms with Gasteiger partial charge in [-0.3, -0.25) is 0 Å². The van der Waals surface area contributed by atoms with Crippen LogP contribution in [0.2, 0.25) is 0 Å². The number of rotatable bonds is 3. The lowest BCUT2D eigenvalue weighted by atomic mass is 10.1. The minimum absolute atomic E-state index is 1.09. The van der Waals surface area contributed by atoms with Gasteiger partial charge >= 0.3 is 0 Å². The topological polar surface area (TPSA) is 15.8 Å². The Kier molecular flexibility index (Phi) is 3.52. The van der Waals surface area contributed by atoms with Gasteiger partial charge in [0.15, 0.2) is 0 Å². The molecule has 1 rings (SSSR count). The molecule has 1 aromatic rings. The summed E-state index contributed by atoms with van der Waals surface area (Å²) in [6, 6.07) is 0. The van der Waals surface area contributed by atoms with Crippen LogP contribution in [0.5, 0.6) is 0 Å². The second-order valence-corrected chi connectivity index (χ2v) is 3.20. The molecule has 0 fully saturated rings. The molecule has 0 amide bonds. The van der Waals surface area contributed by atoms with Gasteiger partial charge in [0.1, 0.15) is 0 Å². The average Bonchev–Trinajstić information content (AvgIpc) is 2.47. The molecule has 0 unspecified atom stereocenters. The van der Waals surface area contributed by atoms with Crippen molar-refractivity contribution in [2.75, 3.05) is 0 Å². The van der Waals surface area contributed by atoms with E-state index in [0.717, 1.165) is 11.4 Å². The quantitative estimate of drug-likeness (QED) is 0.735. The summed E-state index contributed by atoms with van der Waals surface area (Å²) in [6.45, 7) is 9.96. The molecule has 14 heavy (non-hydrogen) atoms. The Bertz CT molecular complexity index is 378. The predicted molar refractivity (Wildman–Crippen MR) is 65.0 cm³/mol. The van der Waals surface area contributed by atoms with Gasteiger partial charge in [0.25, 0.3) is 0 Å². The van der Waals surface area contributed by atoms with E-state index in [2.05, 4.69) is 30.6 Å². The van der Waals surface area contributed by atoms with Crippen molar-refractivity contribution in [2.24, 2.45) is 0 Å². The van der Waals surface area contributed by atoms with Crippen LogP contribution in [0.25, 0.3) is 18.2 Å². The van der Waals surface area contributed by atoms with Gasteiger partial charge in [-0.25, -0.2) is 0 Å². The highest BCUT2D eigenvalue weighted by Gasteiger charge is 2.06. The highest BCUT2D eigenvalue weighted by atomic mass is 14.7. The van der Waals surface area contributed by atoms with Crippen molar-refractivity contribution in [3.63, 3.8) is 0 Å². The van der Waals surface area contributed by atoms with Crippen LogP contribution in [0.1, 0.15) is 36.4 Å². The summed E-state index contributed by atoms with van der Waals surface area (Å²) in [5, 5.41) is 0. The maximum Gasteiger partial charge on any atom is 0.0455 e. The van der Waals surface area contributed by atoms with Crippen LogP contribution in [-0.4, -0.2) is 4.98 Å². The SMILES string of the molecule is C=Cc1[nH]c(/C=C\C)c(C)c1/C=C\C. The third-order valence-electron chi connectivity index (χ3n) is 2.24. The van der Waals surface area contributed by atoms with E-state index in [-0.39, 0.29) is 0 Å². The lowest BCUT2D eigenvalue weighted by molar-refractivity contribution is 1.32. The summed E-state index contributed by atoms with van der Waals surface area (Å²) in [4.78, 5) is 3.33. The molecule has 1 heterocycles. The van der Waals surface area contributed by atoms with Gasteiger partial charge in [-0.05, 0) is 38.5 Å². The lowest BCUT2D eigenvalue weighted by Gasteiger charge is -1.93. The van der Waals surface area contributed by atoms with Gasteiger partial charge in [-0.15, -0.1) is 0 Å². The first-order chi connectivity index (χ1) is 6.74. The van der Waals surface area contributed by atoms with E-state index in [1.54, 1.807) is 0 Å². The van der Waals surface area contributed by atoms with Crippen molar-refractivity contribution < 1.29 is 0 Å². The molecular weight excluding hydrogens is 170 g/mol. The number of nitrogens with one attached hydrogen (secondary N) is 1. The van der Waals surface area contributed by atoms with Crippen molar-refractivity contribution in [2.45, 2.75) is 20.8 Å². The molecule has 1 heteroatoms. The maximum atomic E-state index is 3.80. The van der Waals surface area contributed by atoms with Crippen LogP contribution in [0.3, 0.4) is 0 Å². The average molecular weight is 187 g/mol. The Morgan fingerprint density at radius 1 is 1.07 bits per heavy atom. The van der Waals surface area contributed by atoms with Crippen molar-refractivity contribution in [1.82, 2.24) is 4.98 Å². The Labute approximate surface area is 85.9 Å². The first-order valence-corrected chi connectivity index (χ1v) is 4.85. The van der Waals surface area contributed by atoms with Crippen LogP contribution in [0.15, 0.2) is 18.7 Å². The lowest BCUT2D eigenvalue weighted by Crippen LogP contribution is -1.76. The second-order valence-electron chi connectivity index (χ2n) is 3.20. The zero-order chi connectivity index (χ0) is 10.6. The first-order valence-electron chi connectivity index (χ1n) is 4.85. The van der Waals surface area contributed by atoms with Crippen LogP contribution in [0, 0.1) is 6.92 Å². The largest absolute Gasteiger partial charge is 0.355 e. The minimum Gasteiger partial charge on any atom is -0.355 e. The van der Waals surface area contributed by atoms with Crippen LogP contribution < -0.4 is 0 Å². The summed E-state index contributed by atoms with van der Waals surface area (Å²) < 4.78 is 0. The van der Waals surface area contributed by atoms with E-state index in [4.69, 9.17) is 0 Å². The first kappa shape index (κ1) is 10.6. The van der Waals surface area contributed by atoms with E-state index in [0.29, 0.717) is 0 Å². The van der Waals surface area contributed by atoms with E-state index in [1.807, 2.05) is 32.1 Å². The van der Waals surface area contributed by atoms with E-state index < -0.39 is 0 Å². The molecule has 0 aliphatic carbocycles. The Morgan fingerprint density at radius 3 is 2.21 bits per heavy atom. The van der Waals surface area contributed by atoms with E-state index in [9.17, 15) is 0 Å². The molecule has 74 valence electrons. The van der Waals surface area contributed by atoms with E-state index >= 15 is 0 Å². The number of hydrogen-bond donors (Lipinski definition) is 1. The molecule has 0 atom stereocenters. The van der Waals surface area contributed by atoms with Gasteiger partial charge in [0.05, 0.1) is 0 Å². The Morgan fingerprint density at radius 2 is 1.71 bits per heavy atom. The molecule has 0 saturated heterocycles. The highest BCUT2D eigenvalue weighted by molar-refractivity contribution is 5.70. The summed E-state index contributed by atoms with van der Waals surface area (Å²) in [5.41, 5.74) is 4.76. The van der Waals surface area contributed by atoms with Crippen molar-refractivity contribution >= 4 is 18.2 Å². The van der Waals surface area contributed by atoms with E-state index in [1.165, 1.54) is 11.1 Å². The molecule has 0 bridgehead atoms. The van der Waals surface area contributed by atoms with Gasteiger partial charge in [-0.1, -0.05) is 24.8 Å². The zero-order valence-electron chi connectivity index (χ0n) is 9.09. The summed E-state index contributed by atoms with van der Waals surface area (Å²) in [6.07, 6.45) is 10.1. The molecule has 1 aromatic heterocycles. The smallest absolute Gasteiger partial charge is 0.0455 e. The normalized spacial score (nSPS) is 11.6. The molecule has 0 aliphatic rings. The summed E-state index contributed by atoms with van der Waals surface area (Å²) in [5.74, 6) is 0. The molecule has 1 N–H and O–H groups in total. The minimum atomic E-state index is 1.09. The molecule has 0 spiro atoms. The fraction of sp³-hybridized carbons (Fsp3) is 0.231. The van der Waals surface area contributed by atoms with Crippen LogP contribution in [-0.2, 0) is 0 Å². The number of aromatic nitrogens is 1. The van der Waals surface area contributed by atoms with Crippen molar-refractivity contribution in [3.8, 4) is 0 Å². The maximum absolute atomic E-state index is 3.80. The monoisotopic (exact) mass is 187 g/mol. The molecular formula is C13H17N. The van der Waals surface area contributed by atoms with Crippen LogP contribution >= 0.6 is 0 Å². The molecule has 0 aliphatic heterocycles. The molecule has 1 nitrogen and oxygen atoms in total. The fourth-order valence-electron chi connectivity index (χ4n) is 1.53. The standard InChI is InChI=1S/C13H17N/c1-5-8-11-10(4)13(9-6-2)14-12(11)7-3/h5-9,14H,3H2,1-2,4H3/b8-5-,9-6-. The number of allylic oxidation sites excluding steroid dienone is 2. The molecule has 0 aromatic carbocycles. The number of hydrogen-bond acceptors (Lipinski definition) is 0. The molecule has 0 radical (unpaired) electrons. The predicted octanol–water partition coefficient (Wildman–Crippen LogP) is 4.03. The van der Waals surface area contributed by atoms with Gasteiger partial charge in [0, 0.05) is 17.0 Å². The van der Waals surface area contributed by atoms with Crippen LogP contribution in [0.4, 0.5) is 0 Å². The Balaban J connectivity index is 3.31.